The summed E-state index contributed by atoms with van der Waals surface area (Å²) in [6.45, 7) is 0. The van der Waals surface area contributed by atoms with Gasteiger partial charge in [0.05, 0.1) is 11.3 Å². The number of amides is 1. The fourth-order valence-corrected chi connectivity index (χ4v) is 2.27. The third-order valence-electron chi connectivity index (χ3n) is 2.21. The molecule has 0 aliphatic carbocycles. The first kappa shape index (κ1) is 13.4. The Morgan fingerprint density at radius 3 is 2.89 bits per heavy atom. The fourth-order valence-electron chi connectivity index (χ4n) is 1.41. The SMILES string of the molecule is O=C(Cc1cccs1)Nc1nc(Cl)ccc1[N+](=O)[O-]. The van der Waals surface area contributed by atoms with Crippen molar-refractivity contribution in [2.45, 2.75) is 6.42 Å². The van der Waals surface area contributed by atoms with Gasteiger partial charge in [0, 0.05) is 10.9 Å². The molecule has 6 nitrogen and oxygen atoms in total. The summed E-state index contributed by atoms with van der Waals surface area (Å²) in [6.07, 6.45) is 0.142. The van der Waals surface area contributed by atoms with Crippen molar-refractivity contribution in [1.29, 1.82) is 0 Å². The summed E-state index contributed by atoms with van der Waals surface area (Å²) in [5, 5.41) is 15.1. The minimum atomic E-state index is -0.621. The number of hydrogen-bond donors (Lipinski definition) is 1. The minimum absolute atomic E-state index is 0.0806. The van der Waals surface area contributed by atoms with E-state index in [4.69, 9.17) is 11.6 Å². The molecule has 0 fully saturated rings. The Morgan fingerprint density at radius 1 is 1.47 bits per heavy atom. The van der Waals surface area contributed by atoms with Crippen LogP contribution in [0.2, 0.25) is 5.15 Å². The summed E-state index contributed by atoms with van der Waals surface area (Å²) >= 11 is 7.10. The third kappa shape index (κ3) is 3.49. The molecule has 0 aliphatic rings. The molecule has 2 heterocycles. The van der Waals surface area contributed by atoms with Crippen LogP contribution in [-0.4, -0.2) is 15.8 Å². The van der Waals surface area contributed by atoms with Gasteiger partial charge in [-0.15, -0.1) is 11.3 Å². The highest BCUT2D eigenvalue weighted by molar-refractivity contribution is 7.10. The third-order valence-corrected chi connectivity index (χ3v) is 3.30. The number of thiophene rings is 1. The standard InChI is InChI=1S/C11H8ClN3O3S/c12-9-4-3-8(15(17)18)11(13-9)14-10(16)6-7-2-1-5-19-7/h1-5H,6H2,(H,13,14,16). The molecule has 0 atom stereocenters. The average molecular weight is 298 g/mol. The molecule has 1 amide bonds. The fraction of sp³-hybridized carbons (Fsp3) is 0.0909. The Hall–Kier alpha value is -1.99. The first-order chi connectivity index (χ1) is 9.06. The second kappa shape index (κ2) is 5.77. The summed E-state index contributed by atoms with van der Waals surface area (Å²) in [7, 11) is 0. The van der Waals surface area contributed by atoms with Gasteiger partial charge in [-0.2, -0.15) is 0 Å². The number of halogens is 1. The normalized spacial score (nSPS) is 10.2. The number of carbonyl (C=O) groups is 1. The van der Waals surface area contributed by atoms with Crippen LogP contribution in [-0.2, 0) is 11.2 Å². The predicted molar refractivity (Wildman–Crippen MR) is 72.6 cm³/mol. The zero-order chi connectivity index (χ0) is 13.8. The summed E-state index contributed by atoms with van der Waals surface area (Å²) in [5.74, 6) is -0.514. The number of hydrogen-bond acceptors (Lipinski definition) is 5. The Morgan fingerprint density at radius 2 is 2.26 bits per heavy atom. The molecule has 0 spiro atoms. The lowest BCUT2D eigenvalue weighted by Crippen LogP contribution is -2.16. The maximum absolute atomic E-state index is 11.8. The lowest BCUT2D eigenvalue weighted by Gasteiger charge is -2.04. The van der Waals surface area contributed by atoms with E-state index in [0.29, 0.717) is 0 Å². The molecule has 0 saturated heterocycles. The van der Waals surface area contributed by atoms with E-state index in [1.807, 2.05) is 17.5 Å². The second-order valence-corrected chi connectivity index (χ2v) is 4.98. The number of carbonyl (C=O) groups excluding carboxylic acids is 1. The molecule has 2 aromatic rings. The van der Waals surface area contributed by atoms with Crippen LogP contribution >= 0.6 is 22.9 Å². The van der Waals surface area contributed by atoms with Gasteiger partial charge in [0.15, 0.2) is 0 Å². The topological polar surface area (TPSA) is 85.1 Å². The van der Waals surface area contributed by atoms with Gasteiger partial charge in [-0.1, -0.05) is 17.7 Å². The summed E-state index contributed by atoms with van der Waals surface area (Å²) in [5.41, 5.74) is -0.288. The van der Waals surface area contributed by atoms with Crippen LogP contribution in [0.4, 0.5) is 11.5 Å². The van der Waals surface area contributed by atoms with Gasteiger partial charge in [0.25, 0.3) is 0 Å². The first-order valence-electron chi connectivity index (χ1n) is 5.19. The number of aromatic nitrogens is 1. The lowest BCUT2D eigenvalue weighted by molar-refractivity contribution is -0.384. The Kier molecular flexibility index (Phi) is 4.08. The van der Waals surface area contributed by atoms with E-state index < -0.39 is 4.92 Å². The van der Waals surface area contributed by atoms with Crippen molar-refractivity contribution in [3.63, 3.8) is 0 Å². The zero-order valence-electron chi connectivity index (χ0n) is 9.50. The van der Waals surface area contributed by atoms with Crippen molar-refractivity contribution >= 4 is 40.4 Å². The summed E-state index contributed by atoms with van der Waals surface area (Å²) < 4.78 is 0. The van der Waals surface area contributed by atoms with Gasteiger partial charge in [-0.25, -0.2) is 4.98 Å². The quantitative estimate of drug-likeness (QED) is 0.534. The van der Waals surface area contributed by atoms with Crippen molar-refractivity contribution in [2.75, 3.05) is 5.32 Å². The van der Waals surface area contributed by atoms with Gasteiger partial charge < -0.3 is 5.32 Å². The number of rotatable bonds is 4. The number of nitrogens with one attached hydrogen (secondary N) is 1. The smallest absolute Gasteiger partial charge is 0.305 e. The van der Waals surface area contributed by atoms with Crippen molar-refractivity contribution < 1.29 is 9.72 Å². The van der Waals surface area contributed by atoms with E-state index in [1.54, 1.807) is 0 Å². The minimum Gasteiger partial charge on any atom is -0.305 e. The molecule has 0 unspecified atom stereocenters. The van der Waals surface area contributed by atoms with Crippen LogP contribution in [0, 0.1) is 10.1 Å². The highest BCUT2D eigenvalue weighted by Crippen LogP contribution is 2.24. The van der Waals surface area contributed by atoms with E-state index in [0.717, 1.165) is 4.88 Å². The van der Waals surface area contributed by atoms with Gasteiger partial charge in [0.2, 0.25) is 11.7 Å². The van der Waals surface area contributed by atoms with Crippen molar-refractivity contribution in [2.24, 2.45) is 0 Å². The molecular formula is C11H8ClN3O3S. The highest BCUT2D eigenvalue weighted by atomic mass is 35.5. The van der Waals surface area contributed by atoms with Crippen LogP contribution in [0.25, 0.3) is 0 Å². The largest absolute Gasteiger partial charge is 0.311 e. The molecule has 1 N–H and O–H groups in total. The Balaban J connectivity index is 2.16. The van der Waals surface area contributed by atoms with Crippen LogP contribution in [0.3, 0.4) is 0 Å². The molecule has 8 heteroatoms. The summed E-state index contributed by atoms with van der Waals surface area (Å²) in [6, 6.07) is 6.14. The zero-order valence-corrected chi connectivity index (χ0v) is 11.1. The van der Waals surface area contributed by atoms with Gasteiger partial charge in [-0.3, -0.25) is 14.9 Å². The Bertz CT molecular complexity index is 616. The first-order valence-corrected chi connectivity index (χ1v) is 6.45. The second-order valence-electron chi connectivity index (χ2n) is 3.56. The Labute approximate surface area is 117 Å². The number of anilines is 1. The van der Waals surface area contributed by atoms with E-state index in [-0.39, 0.29) is 29.0 Å². The predicted octanol–water partition coefficient (Wildman–Crippen LogP) is 2.89. The van der Waals surface area contributed by atoms with Crippen LogP contribution in [0.15, 0.2) is 29.6 Å². The number of pyridine rings is 1. The van der Waals surface area contributed by atoms with Gasteiger partial charge >= 0.3 is 5.69 Å². The van der Waals surface area contributed by atoms with Crippen molar-refractivity contribution in [3.05, 3.63) is 49.8 Å². The van der Waals surface area contributed by atoms with E-state index >= 15 is 0 Å². The molecule has 2 rings (SSSR count). The molecule has 0 aliphatic heterocycles. The molecular weight excluding hydrogens is 290 g/mol. The van der Waals surface area contributed by atoms with E-state index in [1.165, 1.54) is 23.5 Å². The van der Waals surface area contributed by atoms with Crippen LogP contribution in [0.5, 0.6) is 0 Å². The maximum Gasteiger partial charge on any atom is 0.311 e. The molecule has 0 radical (unpaired) electrons. The van der Waals surface area contributed by atoms with E-state index in [2.05, 4.69) is 10.3 Å². The number of nitrogens with zero attached hydrogens (tertiary/aromatic N) is 2. The lowest BCUT2D eigenvalue weighted by atomic mass is 10.3. The molecule has 98 valence electrons. The monoisotopic (exact) mass is 297 g/mol. The number of nitro groups is 1. The van der Waals surface area contributed by atoms with Crippen LogP contribution < -0.4 is 5.32 Å². The molecule has 19 heavy (non-hydrogen) atoms. The molecule has 0 aromatic carbocycles. The van der Waals surface area contributed by atoms with Gasteiger partial charge in [0.1, 0.15) is 5.15 Å². The highest BCUT2D eigenvalue weighted by Gasteiger charge is 2.18. The van der Waals surface area contributed by atoms with Crippen molar-refractivity contribution in [3.8, 4) is 0 Å². The molecule has 2 aromatic heterocycles. The van der Waals surface area contributed by atoms with Gasteiger partial charge in [-0.05, 0) is 17.5 Å². The van der Waals surface area contributed by atoms with E-state index in [9.17, 15) is 14.9 Å². The maximum atomic E-state index is 11.8. The molecule has 0 saturated carbocycles. The summed E-state index contributed by atoms with van der Waals surface area (Å²) in [4.78, 5) is 26.6. The average Bonchev–Trinajstić information content (AvgIpc) is 2.81. The molecule has 0 bridgehead atoms. The van der Waals surface area contributed by atoms with Crippen LogP contribution in [0.1, 0.15) is 4.88 Å². The van der Waals surface area contributed by atoms with Crippen molar-refractivity contribution in [1.82, 2.24) is 4.98 Å².